The molecule has 0 radical (unpaired) electrons. The predicted octanol–water partition coefficient (Wildman–Crippen LogP) is 2.00. The fraction of sp³-hybridized carbons (Fsp3) is 0.682. The molecule has 2 heterocycles. The summed E-state index contributed by atoms with van der Waals surface area (Å²) < 4.78 is 16.4. The number of hydrogen-bond donors (Lipinski definition) is 1. The largest absolute Gasteiger partial charge is 0.493 e. The molecule has 1 aromatic carbocycles. The van der Waals surface area contributed by atoms with Crippen molar-refractivity contribution in [3.63, 3.8) is 0 Å². The minimum atomic E-state index is 0.606. The van der Waals surface area contributed by atoms with Crippen LogP contribution < -0.4 is 14.8 Å². The van der Waals surface area contributed by atoms with E-state index in [-0.39, 0.29) is 0 Å². The first-order valence-corrected chi connectivity index (χ1v) is 10.7. The summed E-state index contributed by atoms with van der Waals surface area (Å²) in [6.45, 7) is 9.45. The van der Waals surface area contributed by atoms with Gasteiger partial charge in [-0.2, -0.15) is 0 Å². The molecule has 1 unspecified atom stereocenters. The van der Waals surface area contributed by atoms with Crippen molar-refractivity contribution in [3.05, 3.63) is 23.3 Å². The highest BCUT2D eigenvalue weighted by molar-refractivity contribution is 5.79. The van der Waals surface area contributed by atoms with E-state index in [0.717, 1.165) is 82.8 Å². The van der Waals surface area contributed by atoms with Crippen LogP contribution in [-0.2, 0) is 17.7 Å². The summed E-state index contributed by atoms with van der Waals surface area (Å²) in [6.07, 6.45) is 2.17. The topological polar surface area (TPSA) is 58.6 Å². The van der Waals surface area contributed by atoms with Crippen LogP contribution in [0.5, 0.6) is 11.5 Å². The van der Waals surface area contributed by atoms with E-state index in [1.807, 2.05) is 0 Å². The maximum absolute atomic E-state index is 5.51. The molecule has 0 aromatic heterocycles. The lowest BCUT2D eigenvalue weighted by Gasteiger charge is -2.29. The second-order valence-electron chi connectivity index (χ2n) is 7.85. The molecule has 0 spiro atoms. The molecule has 0 amide bonds. The van der Waals surface area contributed by atoms with Gasteiger partial charge in [-0.25, -0.2) is 0 Å². The van der Waals surface area contributed by atoms with Gasteiger partial charge in [-0.05, 0) is 43.0 Å². The van der Waals surface area contributed by atoms with E-state index >= 15 is 0 Å². The van der Waals surface area contributed by atoms with Crippen LogP contribution in [0.25, 0.3) is 0 Å². The zero-order valence-corrected chi connectivity index (χ0v) is 18.4. The van der Waals surface area contributed by atoms with Crippen molar-refractivity contribution >= 4 is 5.96 Å². The van der Waals surface area contributed by atoms with Crippen molar-refractivity contribution in [1.29, 1.82) is 0 Å². The molecule has 0 bridgehead atoms. The molecular formula is C22H36N4O3. The maximum atomic E-state index is 5.51. The second kappa shape index (κ2) is 10.7. The number of aliphatic imine (C=N–C) groups is 1. The molecule has 7 nitrogen and oxygen atoms in total. The van der Waals surface area contributed by atoms with E-state index in [1.165, 1.54) is 11.1 Å². The number of ether oxygens (including phenoxy) is 3. The van der Waals surface area contributed by atoms with Gasteiger partial charge in [-0.15, -0.1) is 0 Å². The average molecular weight is 405 g/mol. The molecule has 0 saturated carbocycles. The lowest BCUT2D eigenvalue weighted by Crippen LogP contribution is -2.42. The first-order valence-electron chi connectivity index (χ1n) is 10.7. The molecule has 1 aromatic rings. The van der Waals surface area contributed by atoms with Gasteiger partial charge in [0, 0.05) is 52.3 Å². The first kappa shape index (κ1) is 21.7. The number of rotatable bonds is 8. The van der Waals surface area contributed by atoms with Gasteiger partial charge in [-0.1, -0.05) is 0 Å². The van der Waals surface area contributed by atoms with Crippen LogP contribution in [-0.4, -0.2) is 83.0 Å². The van der Waals surface area contributed by atoms with Crippen molar-refractivity contribution < 1.29 is 14.2 Å². The van der Waals surface area contributed by atoms with Crippen molar-refractivity contribution in [2.45, 2.75) is 26.3 Å². The molecule has 7 heteroatoms. The molecule has 2 aliphatic heterocycles. The average Bonchev–Trinajstić information content (AvgIpc) is 3.24. The summed E-state index contributed by atoms with van der Waals surface area (Å²) in [5.41, 5.74) is 2.68. The van der Waals surface area contributed by atoms with E-state index in [4.69, 9.17) is 19.2 Å². The van der Waals surface area contributed by atoms with Crippen molar-refractivity contribution in [1.82, 2.24) is 15.1 Å². The number of nitrogens with zero attached hydrogens (tertiary/aromatic N) is 3. The van der Waals surface area contributed by atoms with E-state index in [0.29, 0.717) is 5.92 Å². The molecule has 0 aliphatic carbocycles. The lowest BCUT2D eigenvalue weighted by molar-refractivity contribution is 0.181. The monoisotopic (exact) mass is 404 g/mol. The third-order valence-corrected chi connectivity index (χ3v) is 5.73. The number of guanidine groups is 1. The van der Waals surface area contributed by atoms with Crippen LogP contribution in [0.4, 0.5) is 0 Å². The zero-order chi connectivity index (χ0) is 20.6. The summed E-state index contributed by atoms with van der Waals surface area (Å²) in [5.74, 6) is 3.21. The SMILES string of the molecule is CCNC(=NCCN1CCc2cc(OC)c(OC)cc2C1)N(C)CC1CCOC1. The number of fused-ring (bicyclic) bond motifs is 1. The Kier molecular flexibility index (Phi) is 8.00. The molecule has 1 N–H and O–H groups in total. The molecule has 29 heavy (non-hydrogen) atoms. The van der Waals surface area contributed by atoms with E-state index in [2.05, 4.69) is 41.2 Å². The highest BCUT2D eigenvalue weighted by Gasteiger charge is 2.20. The van der Waals surface area contributed by atoms with Gasteiger partial charge in [0.05, 0.1) is 27.4 Å². The number of nitrogens with one attached hydrogen (secondary N) is 1. The van der Waals surface area contributed by atoms with Crippen LogP contribution in [0, 0.1) is 5.92 Å². The Morgan fingerprint density at radius 1 is 1.28 bits per heavy atom. The fourth-order valence-corrected chi connectivity index (χ4v) is 4.10. The Balaban J connectivity index is 1.55. The van der Waals surface area contributed by atoms with E-state index in [9.17, 15) is 0 Å². The van der Waals surface area contributed by atoms with Crippen LogP contribution >= 0.6 is 0 Å². The normalized spacial score (nSPS) is 19.7. The van der Waals surface area contributed by atoms with E-state index in [1.54, 1.807) is 14.2 Å². The third kappa shape index (κ3) is 5.76. The maximum Gasteiger partial charge on any atom is 0.193 e. The standard InChI is InChI=1S/C22H36N4O3/c1-5-23-22(25(2)14-17-7-11-29-16-17)24-8-10-26-9-6-18-12-20(27-3)21(28-4)13-19(18)15-26/h12-13,17H,5-11,14-16H2,1-4H3,(H,23,24). The highest BCUT2D eigenvalue weighted by atomic mass is 16.5. The van der Waals surface area contributed by atoms with E-state index < -0.39 is 0 Å². The third-order valence-electron chi connectivity index (χ3n) is 5.73. The van der Waals surface area contributed by atoms with Gasteiger partial charge in [0.15, 0.2) is 17.5 Å². The van der Waals surface area contributed by atoms with Crippen molar-refractivity contribution in [2.75, 3.05) is 67.2 Å². The van der Waals surface area contributed by atoms with Gasteiger partial charge in [0.2, 0.25) is 0 Å². The lowest BCUT2D eigenvalue weighted by atomic mass is 9.99. The van der Waals surface area contributed by atoms with Gasteiger partial charge >= 0.3 is 0 Å². The molecule has 3 rings (SSSR count). The molecule has 2 aliphatic rings. The predicted molar refractivity (Wildman–Crippen MR) is 116 cm³/mol. The van der Waals surface area contributed by atoms with Gasteiger partial charge in [0.25, 0.3) is 0 Å². The van der Waals surface area contributed by atoms with Crippen molar-refractivity contribution in [3.8, 4) is 11.5 Å². The molecule has 1 atom stereocenters. The molecule has 1 fully saturated rings. The fourth-order valence-electron chi connectivity index (χ4n) is 4.10. The molecular weight excluding hydrogens is 368 g/mol. The van der Waals surface area contributed by atoms with Crippen LogP contribution in [0.2, 0.25) is 0 Å². The molecule has 1 saturated heterocycles. The number of methoxy groups -OCH3 is 2. The van der Waals surface area contributed by atoms with Gasteiger partial charge in [0.1, 0.15) is 0 Å². The Hall–Kier alpha value is -1.99. The Morgan fingerprint density at radius 3 is 2.69 bits per heavy atom. The van der Waals surface area contributed by atoms with Crippen LogP contribution in [0.15, 0.2) is 17.1 Å². The summed E-state index contributed by atoms with van der Waals surface area (Å²) in [6, 6.07) is 4.24. The minimum Gasteiger partial charge on any atom is -0.493 e. The Morgan fingerprint density at radius 2 is 2.03 bits per heavy atom. The smallest absolute Gasteiger partial charge is 0.193 e. The molecule has 162 valence electrons. The first-order chi connectivity index (χ1) is 14.1. The Bertz CT molecular complexity index is 689. The highest BCUT2D eigenvalue weighted by Crippen LogP contribution is 2.33. The summed E-state index contributed by atoms with van der Waals surface area (Å²) in [7, 11) is 5.50. The van der Waals surface area contributed by atoms with Gasteiger partial charge < -0.3 is 24.4 Å². The van der Waals surface area contributed by atoms with Gasteiger partial charge in [-0.3, -0.25) is 9.89 Å². The number of hydrogen-bond acceptors (Lipinski definition) is 5. The number of benzene rings is 1. The van der Waals surface area contributed by atoms with Crippen LogP contribution in [0.1, 0.15) is 24.5 Å². The summed E-state index contributed by atoms with van der Waals surface area (Å²) >= 11 is 0. The summed E-state index contributed by atoms with van der Waals surface area (Å²) in [4.78, 5) is 9.58. The van der Waals surface area contributed by atoms with Crippen molar-refractivity contribution in [2.24, 2.45) is 10.9 Å². The summed E-state index contributed by atoms with van der Waals surface area (Å²) in [5, 5.41) is 3.42. The van der Waals surface area contributed by atoms with Crippen LogP contribution in [0.3, 0.4) is 0 Å². The Labute approximate surface area is 175 Å². The second-order valence-corrected chi connectivity index (χ2v) is 7.85. The zero-order valence-electron chi connectivity index (χ0n) is 18.4. The minimum absolute atomic E-state index is 0.606. The quantitative estimate of drug-likeness (QED) is 0.528.